The Bertz CT molecular complexity index is 802. The third-order valence-corrected chi connectivity index (χ3v) is 6.27. The second-order valence-corrected chi connectivity index (χ2v) is 8.32. The van der Waals surface area contributed by atoms with Gasteiger partial charge in [0.05, 0.1) is 12.0 Å². The van der Waals surface area contributed by atoms with E-state index in [-0.39, 0.29) is 11.3 Å². The molecule has 1 aliphatic heterocycles. The van der Waals surface area contributed by atoms with Crippen LogP contribution in [-0.4, -0.2) is 37.0 Å². The van der Waals surface area contributed by atoms with Gasteiger partial charge in [-0.15, -0.1) is 0 Å². The number of likely N-dealkylation sites (tertiary alicyclic amines) is 1. The monoisotopic (exact) mass is 414 g/mol. The molecular weight excluding hydrogens is 384 g/mol. The predicted molar refractivity (Wildman–Crippen MR) is 118 cm³/mol. The lowest BCUT2D eigenvalue weighted by Crippen LogP contribution is -2.49. The molecule has 1 heterocycles. The summed E-state index contributed by atoms with van der Waals surface area (Å²) in [6.45, 7) is 7.86. The van der Waals surface area contributed by atoms with E-state index in [1.54, 1.807) is 0 Å². The maximum absolute atomic E-state index is 12.9. The van der Waals surface area contributed by atoms with Crippen molar-refractivity contribution in [3.05, 3.63) is 64.7 Å². The Morgan fingerprint density at radius 2 is 1.90 bits per heavy atom. The van der Waals surface area contributed by atoms with Crippen LogP contribution in [0.4, 0.5) is 0 Å². The molecule has 1 N–H and O–H groups in total. The van der Waals surface area contributed by atoms with Crippen molar-refractivity contribution in [3.63, 3.8) is 0 Å². The van der Waals surface area contributed by atoms with Crippen molar-refractivity contribution in [1.29, 1.82) is 0 Å². The molecule has 0 spiro atoms. The van der Waals surface area contributed by atoms with Gasteiger partial charge in [-0.1, -0.05) is 41.9 Å². The highest BCUT2D eigenvalue weighted by atomic mass is 35.5. The third kappa shape index (κ3) is 5.74. The lowest BCUT2D eigenvalue weighted by molar-refractivity contribution is -0.135. The number of piperidine rings is 1. The minimum atomic E-state index is -0.355. The smallest absolute Gasteiger partial charge is 0.226 e. The Balaban J connectivity index is 1.59. The summed E-state index contributed by atoms with van der Waals surface area (Å²) >= 11 is 6.28. The summed E-state index contributed by atoms with van der Waals surface area (Å²) in [4.78, 5) is 15.3. The van der Waals surface area contributed by atoms with Gasteiger partial charge in [-0.3, -0.25) is 9.69 Å². The quantitative estimate of drug-likeness (QED) is 0.672. The second-order valence-electron chi connectivity index (χ2n) is 7.91. The van der Waals surface area contributed by atoms with Crippen LogP contribution >= 0.6 is 11.6 Å². The summed E-state index contributed by atoms with van der Waals surface area (Å²) in [7, 11) is 0. The Labute approximate surface area is 179 Å². The molecule has 5 heteroatoms. The van der Waals surface area contributed by atoms with Crippen molar-refractivity contribution in [2.24, 2.45) is 5.41 Å². The Morgan fingerprint density at radius 1 is 1.17 bits per heavy atom. The van der Waals surface area contributed by atoms with Crippen molar-refractivity contribution < 1.29 is 9.53 Å². The summed E-state index contributed by atoms with van der Waals surface area (Å²) in [5.41, 5.74) is 1.97. The summed E-state index contributed by atoms with van der Waals surface area (Å²) in [5.74, 6) is 1.02. The number of ether oxygens (including phenoxy) is 1. The number of benzene rings is 2. The van der Waals surface area contributed by atoms with Crippen molar-refractivity contribution >= 4 is 17.5 Å². The normalized spacial score (nSPS) is 16.4. The van der Waals surface area contributed by atoms with Crippen LogP contribution in [0.25, 0.3) is 0 Å². The SMILES string of the molecule is CCNC(=O)C1(CCOc2ccccc2)CCN(Cc2ccc(C)c(Cl)c2)CC1. The van der Waals surface area contributed by atoms with Gasteiger partial charge in [0, 0.05) is 18.1 Å². The van der Waals surface area contributed by atoms with Crippen LogP contribution in [0, 0.1) is 12.3 Å². The van der Waals surface area contributed by atoms with Crippen molar-refractivity contribution in [1.82, 2.24) is 10.2 Å². The fourth-order valence-electron chi connectivity index (χ4n) is 3.95. The first kappa shape index (κ1) is 21.7. The van der Waals surface area contributed by atoms with Crippen LogP contribution in [0.3, 0.4) is 0 Å². The summed E-state index contributed by atoms with van der Waals surface area (Å²) < 4.78 is 5.90. The Hall–Kier alpha value is -2.04. The minimum Gasteiger partial charge on any atom is -0.494 e. The number of halogens is 1. The molecule has 0 aliphatic carbocycles. The van der Waals surface area contributed by atoms with Crippen LogP contribution in [0.15, 0.2) is 48.5 Å². The molecule has 0 atom stereocenters. The number of carbonyl (C=O) groups excluding carboxylic acids is 1. The van der Waals surface area contributed by atoms with E-state index in [9.17, 15) is 4.79 Å². The number of nitrogens with one attached hydrogen (secondary N) is 1. The molecule has 4 nitrogen and oxygen atoms in total. The third-order valence-electron chi connectivity index (χ3n) is 5.87. The predicted octanol–water partition coefficient (Wildman–Crippen LogP) is 4.84. The first-order chi connectivity index (χ1) is 14.0. The standard InChI is InChI=1S/C24H31ClN2O2/c1-3-26-23(28)24(13-16-29-21-7-5-4-6-8-21)11-14-27(15-12-24)18-20-10-9-19(2)22(25)17-20/h4-10,17H,3,11-16,18H2,1-2H3,(H,26,28). The molecule has 1 aliphatic rings. The molecule has 0 aromatic heterocycles. The van der Waals surface area contributed by atoms with Gasteiger partial charge < -0.3 is 10.1 Å². The van der Waals surface area contributed by atoms with Crippen LogP contribution in [0.5, 0.6) is 5.75 Å². The average molecular weight is 415 g/mol. The molecule has 0 radical (unpaired) electrons. The second kappa shape index (κ2) is 10.1. The molecule has 2 aromatic carbocycles. The van der Waals surface area contributed by atoms with E-state index in [0.717, 1.165) is 55.2 Å². The molecular formula is C24H31ClN2O2. The van der Waals surface area contributed by atoms with Gasteiger partial charge in [-0.2, -0.15) is 0 Å². The van der Waals surface area contributed by atoms with Gasteiger partial charge in [0.15, 0.2) is 0 Å². The van der Waals surface area contributed by atoms with E-state index in [4.69, 9.17) is 16.3 Å². The highest BCUT2D eigenvalue weighted by Crippen LogP contribution is 2.36. The van der Waals surface area contributed by atoms with Crippen molar-refractivity contribution in [2.75, 3.05) is 26.2 Å². The van der Waals surface area contributed by atoms with E-state index in [0.29, 0.717) is 13.2 Å². The average Bonchev–Trinajstić information content (AvgIpc) is 2.73. The molecule has 1 saturated heterocycles. The number of para-hydroxylation sites is 1. The molecule has 0 bridgehead atoms. The molecule has 156 valence electrons. The van der Waals surface area contributed by atoms with Crippen LogP contribution in [-0.2, 0) is 11.3 Å². The van der Waals surface area contributed by atoms with Crippen molar-refractivity contribution in [3.8, 4) is 5.75 Å². The summed E-state index contributed by atoms with van der Waals surface area (Å²) in [6, 6.07) is 16.1. The van der Waals surface area contributed by atoms with E-state index >= 15 is 0 Å². The van der Waals surface area contributed by atoms with E-state index in [1.807, 2.05) is 44.2 Å². The van der Waals surface area contributed by atoms with Gasteiger partial charge >= 0.3 is 0 Å². The van der Waals surface area contributed by atoms with E-state index in [2.05, 4.69) is 28.4 Å². The molecule has 1 fully saturated rings. The van der Waals surface area contributed by atoms with Gasteiger partial charge in [0.1, 0.15) is 5.75 Å². The number of rotatable bonds is 8. The number of amides is 1. The van der Waals surface area contributed by atoms with Crippen LogP contribution < -0.4 is 10.1 Å². The highest BCUT2D eigenvalue weighted by Gasteiger charge is 2.40. The van der Waals surface area contributed by atoms with E-state index in [1.165, 1.54) is 5.56 Å². The number of aryl methyl sites for hydroxylation is 1. The van der Waals surface area contributed by atoms with Crippen LogP contribution in [0.1, 0.15) is 37.3 Å². The van der Waals surface area contributed by atoms with Crippen LogP contribution in [0.2, 0.25) is 5.02 Å². The number of hydrogen-bond acceptors (Lipinski definition) is 3. The molecule has 0 unspecified atom stereocenters. The maximum atomic E-state index is 12.9. The molecule has 3 rings (SSSR count). The number of hydrogen-bond donors (Lipinski definition) is 1. The fraction of sp³-hybridized carbons (Fsp3) is 0.458. The summed E-state index contributed by atoms with van der Waals surface area (Å²) in [5, 5.41) is 3.87. The summed E-state index contributed by atoms with van der Waals surface area (Å²) in [6.07, 6.45) is 2.42. The van der Waals surface area contributed by atoms with Gasteiger partial charge in [0.25, 0.3) is 0 Å². The Morgan fingerprint density at radius 3 is 2.55 bits per heavy atom. The van der Waals surface area contributed by atoms with Gasteiger partial charge in [-0.05, 0) is 75.5 Å². The minimum absolute atomic E-state index is 0.162. The number of nitrogens with zero attached hydrogens (tertiary/aromatic N) is 1. The lowest BCUT2D eigenvalue weighted by atomic mass is 9.75. The molecule has 0 saturated carbocycles. The topological polar surface area (TPSA) is 41.6 Å². The lowest BCUT2D eigenvalue weighted by Gasteiger charge is -2.40. The zero-order chi connectivity index (χ0) is 20.7. The zero-order valence-electron chi connectivity index (χ0n) is 17.4. The zero-order valence-corrected chi connectivity index (χ0v) is 18.2. The largest absolute Gasteiger partial charge is 0.494 e. The molecule has 2 aromatic rings. The first-order valence-electron chi connectivity index (χ1n) is 10.5. The first-order valence-corrected chi connectivity index (χ1v) is 10.8. The highest BCUT2D eigenvalue weighted by molar-refractivity contribution is 6.31. The maximum Gasteiger partial charge on any atom is 0.226 e. The van der Waals surface area contributed by atoms with Gasteiger partial charge in [0.2, 0.25) is 5.91 Å². The van der Waals surface area contributed by atoms with E-state index < -0.39 is 0 Å². The molecule has 29 heavy (non-hydrogen) atoms. The van der Waals surface area contributed by atoms with Gasteiger partial charge in [-0.25, -0.2) is 0 Å². The molecule has 1 amide bonds. The number of carbonyl (C=O) groups is 1. The Kier molecular flexibility index (Phi) is 7.57. The van der Waals surface area contributed by atoms with Crippen molar-refractivity contribution in [2.45, 2.75) is 39.7 Å². The fourth-order valence-corrected chi connectivity index (χ4v) is 4.15.